The lowest BCUT2D eigenvalue weighted by atomic mass is 9.47. The zero-order valence-corrected chi connectivity index (χ0v) is 15.7. The molecule has 134 valence electrons. The highest BCUT2D eigenvalue weighted by Gasteiger charge is 2.58. The van der Waals surface area contributed by atoms with Crippen molar-refractivity contribution in [2.75, 3.05) is 0 Å². The van der Waals surface area contributed by atoms with E-state index >= 15 is 0 Å². The molecule has 6 atom stereocenters. The Kier molecular flexibility index (Phi) is 4.81. The highest BCUT2D eigenvalue weighted by molar-refractivity contribution is 5.91. The van der Waals surface area contributed by atoms with Crippen molar-refractivity contribution in [3.8, 4) is 0 Å². The molecule has 0 radical (unpaired) electrons. The Morgan fingerprint density at radius 3 is 2.54 bits per heavy atom. The fraction of sp³-hybridized carbons (Fsp3) is 0.773. The van der Waals surface area contributed by atoms with Crippen LogP contribution in [0.5, 0.6) is 0 Å². The minimum atomic E-state index is -0.0823. The lowest BCUT2D eigenvalue weighted by Crippen LogP contribution is -2.51. The molecule has 0 amide bonds. The summed E-state index contributed by atoms with van der Waals surface area (Å²) in [6, 6.07) is 0. The monoisotopic (exact) mass is 330 g/mol. The van der Waals surface area contributed by atoms with Gasteiger partial charge in [0.15, 0.2) is 5.78 Å². The van der Waals surface area contributed by atoms with Crippen molar-refractivity contribution in [1.82, 2.24) is 0 Å². The molecule has 0 bridgehead atoms. The number of hydrogen-bond acceptors (Lipinski definition) is 2. The van der Waals surface area contributed by atoms with Crippen LogP contribution >= 0.6 is 0 Å². The first-order valence-electron chi connectivity index (χ1n) is 9.86. The van der Waals surface area contributed by atoms with E-state index in [9.17, 15) is 9.90 Å². The summed E-state index contributed by atoms with van der Waals surface area (Å²) < 4.78 is 0. The summed E-state index contributed by atoms with van der Waals surface area (Å²) in [6.45, 7) is 10.0. The van der Waals surface area contributed by atoms with Gasteiger partial charge in [0.1, 0.15) is 0 Å². The van der Waals surface area contributed by atoms with Crippen LogP contribution in [0, 0.1) is 28.6 Å². The number of ketones is 1. The molecule has 0 unspecified atom stereocenters. The fourth-order valence-corrected chi connectivity index (χ4v) is 6.53. The second-order valence-corrected chi connectivity index (χ2v) is 9.01. The number of rotatable bonds is 0. The zero-order chi connectivity index (χ0) is 17.5. The van der Waals surface area contributed by atoms with Gasteiger partial charge in [0.25, 0.3) is 0 Å². The van der Waals surface area contributed by atoms with Gasteiger partial charge in [-0.1, -0.05) is 25.5 Å². The van der Waals surface area contributed by atoms with E-state index < -0.39 is 0 Å². The summed E-state index contributed by atoms with van der Waals surface area (Å²) in [7, 11) is 0. The quantitative estimate of drug-likeness (QED) is 0.629. The fourth-order valence-electron chi connectivity index (χ4n) is 6.53. The molecule has 0 spiro atoms. The molecule has 0 aromatic carbocycles. The van der Waals surface area contributed by atoms with Crippen molar-refractivity contribution < 1.29 is 9.90 Å². The predicted octanol–water partition coefficient (Wildman–Crippen LogP) is 5.07. The summed E-state index contributed by atoms with van der Waals surface area (Å²) in [5.74, 6) is 2.57. The zero-order valence-electron chi connectivity index (χ0n) is 15.7. The van der Waals surface area contributed by atoms with Crippen molar-refractivity contribution in [2.45, 2.75) is 78.2 Å². The van der Waals surface area contributed by atoms with Crippen LogP contribution in [0.25, 0.3) is 0 Å². The Labute approximate surface area is 147 Å². The van der Waals surface area contributed by atoms with Crippen molar-refractivity contribution >= 4 is 5.78 Å². The van der Waals surface area contributed by atoms with Gasteiger partial charge >= 0.3 is 0 Å². The largest absolute Gasteiger partial charge is 0.393 e. The molecular formula is C22H34O2. The van der Waals surface area contributed by atoms with Crippen LogP contribution in [0.15, 0.2) is 24.3 Å². The Bertz CT molecular complexity index is 548. The van der Waals surface area contributed by atoms with Crippen LogP contribution in [0.3, 0.4) is 0 Å². The lowest BCUT2D eigenvalue weighted by Gasteiger charge is -2.57. The third-order valence-electron chi connectivity index (χ3n) is 7.91. The molecule has 1 N–H and O–H groups in total. The average Bonchev–Trinajstić information content (AvgIpc) is 2.84. The highest BCUT2D eigenvalue weighted by Crippen LogP contribution is 2.65. The number of fused-ring (bicyclic) bond motifs is 5. The van der Waals surface area contributed by atoms with Gasteiger partial charge in [-0.05, 0) is 86.5 Å². The minimum Gasteiger partial charge on any atom is -0.393 e. The Morgan fingerprint density at radius 2 is 1.83 bits per heavy atom. The molecule has 0 heterocycles. The van der Waals surface area contributed by atoms with Crippen molar-refractivity contribution in [2.24, 2.45) is 28.6 Å². The van der Waals surface area contributed by atoms with Gasteiger partial charge < -0.3 is 5.11 Å². The van der Waals surface area contributed by atoms with Crippen molar-refractivity contribution in [1.29, 1.82) is 0 Å². The molecule has 0 saturated heterocycles. The van der Waals surface area contributed by atoms with Gasteiger partial charge in [-0.15, -0.1) is 6.58 Å². The first kappa shape index (κ1) is 17.9. The third kappa shape index (κ3) is 2.62. The molecule has 4 rings (SSSR count). The number of carbonyl (C=O) groups excluding carboxylic acids is 1. The second kappa shape index (κ2) is 6.44. The van der Waals surface area contributed by atoms with Crippen LogP contribution in [-0.4, -0.2) is 17.0 Å². The summed E-state index contributed by atoms with van der Waals surface area (Å²) in [6.07, 6.45) is 12.5. The second-order valence-electron chi connectivity index (χ2n) is 9.01. The summed E-state index contributed by atoms with van der Waals surface area (Å²) in [5, 5.41) is 10.4. The van der Waals surface area contributed by atoms with Crippen LogP contribution < -0.4 is 0 Å². The average molecular weight is 331 g/mol. The van der Waals surface area contributed by atoms with Crippen LogP contribution in [0.2, 0.25) is 0 Å². The molecule has 0 aliphatic heterocycles. The summed E-state index contributed by atoms with van der Waals surface area (Å²) in [5.41, 5.74) is 1.89. The molecule has 2 heteroatoms. The molecule has 24 heavy (non-hydrogen) atoms. The minimum absolute atomic E-state index is 0.0823. The van der Waals surface area contributed by atoms with Gasteiger partial charge in [0.2, 0.25) is 0 Å². The van der Waals surface area contributed by atoms with Gasteiger partial charge in [0, 0.05) is 6.42 Å². The SMILES string of the molecule is C=CC.C[C@]12CC[C@H]3[C@@H](CCC4=CC(=O)CC[C@@]43C)[C@@H]1CC[C@@H]2O. The molecule has 4 aliphatic rings. The lowest BCUT2D eigenvalue weighted by molar-refractivity contribution is -0.118. The van der Waals surface area contributed by atoms with E-state index in [0.717, 1.165) is 37.5 Å². The van der Waals surface area contributed by atoms with E-state index in [0.29, 0.717) is 11.7 Å². The molecule has 2 nitrogen and oxygen atoms in total. The summed E-state index contributed by atoms with van der Waals surface area (Å²) >= 11 is 0. The van der Waals surface area contributed by atoms with E-state index in [1.165, 1.54) is 31.3 Å². The first-order chi connectivity index (χ1) is 11.4. The normalized spacial score (nSPS) is 46.7. The number of hydrogen-bond donors (Lipinski definition) is 1. The van der Waals surface area contributed by atoms with Crippen LogP contribution in [0.4, 0.5) is 0 Å². The standard InChI is InChI=1S/C19H28O2.C3H6/c1-18-9-7-13(20)11-12(18)3-4-14-15-5-6-17(21)19(15,2)10-8-16(14)18;1-3-2/h11,14-17,21H,3-10H2,1-2H3;3H,1H2,2H3/t14-,15-,16-,17-,18-,19-;/m0./s1. The highest BCUT2D eigenvalue weighted by atomic mass is 16.3. The third-order valence-corrected chi connectivity index (χ3v) is 7.91. The molecule has 3 saturated carbocycles. The van der Waals surface area contributed by atoms with Crippen molar-refractivity contribution in [3.05, 3.63) is 24.3 Å². The van der Waals surface area contributed by atoms with Gasteiger partial charge in [0.05, 0.1) is 6.10 Å². The van der Waals surface area contributed by atoms with Crippen molar-refractivity contribution in [3.63, 3.8) is 0 Å². The van der Waals surface area contributed by atoms with Gasteiger partial charge in [-0.3, -0.25) is 4.79 Å². The molecule has 4 aliphatic carbocycles. The predicted molar refractivity (Wildman–Crippen MR) is 98.6 cm³/mol. The first-order valence-corrected chi connectivity index (χ1v) is 9.86. The smallest absolute Gasteiger partial charge is 0.155 e. The Morgan fingerprint density at radius 1 is 1.12 bits per heavy atom. The molecule has 0 aromatic rings. The number of carbonyl (C=O) groups is 1. The maximum absolute atomic E-state index is 11.8. The molecule has 3 fully saturated rings. The number of aliphatic hydroxyl groups excluding tert-OH is 1. The Balaban J connectivity index is 0.000000526. The maximum atomic E-state index is 11.8. The van der Waals surface area contributed by atoms with E-state index in [4.69, 9.17) is 0 Å². The van der Waals surface area contributed by atoms with E-state index in [-0.39, 0.29) is 16.9 Å². The summed E-state index contributed by atoms with van der Waals surface area (Å²) in [4.78, 5) is 11.8. The number of allylic oxidation sites excluding steroid dienone is 2. The number of aliphatic hydroxyl groups is 1. The maximum Gasteiger partial charge on any atom is 0.155 e. The topological polar surface area (TPSA) is 37.3 Å². The molecule has 0 aromatic heterocycles. The van der Waals surface area contributed by atoms with Gasteiger partial charge in [-0.25, -0.2) is 0 Å². The van der Waals surface area contributed by atoms with E-state index in [2.05, 4.69) is 20.4 Å². The van der Waals surface area contributed by atoms with Crippen LogP contribution in [-0.2, 0) is 4.79 Å². The van der Waals surface area contributed by atoms with E-state index in [1.54, 1.807) is 6.08 Å². The van der Waals surface area contributed by atoms with Crippen LogP contribution in [0.1, 0.15) is 72.1 Å². The Hall–Kier alpha value is -0.890. The van der Waals surface area contributed by atoms with E-state index in [1.807, 2.05) is 13.0 Å². The molecular weight excluding hydrogens is 296 g/mol. The van der Waals surface area contributed by atoms with Gasteiger partial charge in [-0.2, -0.15) is 0 Å².